The third-order valence-electron chi connectivity index (χ3n) is 3.96. The Morgan fingerprint density at radius 1 is 1.25 bits per heavy atom. The zero-order valence-electron chi connectivity index (χ0n) is 15.8. The van der Waals surface area contributed by atoms with Crippen LogP contribution in [0.25, 0.3) is 0 Å². The fourth-order valence-corrected chi connectivity index (χ4v) is 3.88. The number of nitrogens with one attached hydrogen (secondary N) is 1. The molecule has 1 aromatic heterocycles. The highest BCUT2D eigenvalue weighted by atomic mass is 32.2. The van der Waals surface area contributed by atoms with Crippen molar-refractivity contribution in [1.82, 2.24) is 4.98 Å². The van der Waals surface area contributed by atoms with Crippen LogP contribution < -0.4 is 10.5 Å². The molecule has 148 valence electrons. The number of sulfonamides is 1. The first-order valence-electron chi connectivity index (χ1n) is 8.67. The molecule has 1 heterocycles. The second-order valence-corrected chi connectivity index (χ2v) is 9.18. The predicted molar refractivity (Wildman–Crippen MR) is 109 cm³/mol. The van der Waals surface area contributed by atoms with Crippen molar-refractivity contribution in [2.24, 2.45) is 5.14 Å². The van der Waals surface area contributed by atoms with Gasteiger partial charge < -0.3 is 5.32 Å². The summed E-state index contributed by atoms with van der Waals surface area (Å²) in [6.07, 6.45) is 0.532. The number of hydrogen-bond donors (Lipinski definition) is 2. The molecule has 0 aliphatic heterocycles. The molecule has 1 unspecified atom stereocenters. The van der Waals surface area contributed by atoms with Crippen molar-refractivity contribution >= 4 is 33.4 Å². The fraction of sp³-hybridized carbons (Fsp3) is 0.316. The van der Waals surface area contributed by atoms with Crippen LogP contribution >= 0.6 is 11.8 Å². The normalized spacial score (nSPS) is 12.4. The Morgan fingerprint density at radius 2 is 1.89 bits per heavy atom. The van der Waals surface area contributed by atoms with Gasteiger partial charge in [-0.3, -0.25) is 4.79 Å². The van der Waals surface area contributed by atoms with E-state index in [2.05, 4.69) is 16.4 Å². The molecule has 0 radical (unpaired) electrons. The number of benzene rings is 1. The maximum atomic E-state index is 12.7. The number of primary sulfonamides is 1. The third-order valence-corrected chi connectivity index (χ3v) is 6.26. The molecule has 1 aromatic carbocycles. The first-order chi connectivity index (χ1) is 13.2. The molecule has 0 saturated heterocycles. The van der Waals surface area contributed by atoms with Gasteiger partial charge >= 0.3 is 0 Å². The van der Waals surface area contributed by atoms with E-state index in [1.807, 2.05) is 26.8 Å². The van der Waals surface area contributed by atoms with Crippen LogP contribution in [0.5, 0.6) is 0 Å². The zero-order chi connectivity index (χ0) is 20.9. The van der Waals surface area contributed by atoms with Gasteiger partial charge in [-0.25, -0.2) is 18.5 Å². The lowest BCUT2D eigenvalue weighted by molar-refractivity contribution is -0.115. The molecule has 0 fully saturated rings. The van der Waals surface area contributed by atoms with Crippen LogP contribution in [0.2, 0.25) is 0 Å². The summed E-state index contributed by atoms with van der Waals surface area (Å²) in [5, 5.41) is 17.2. The van der Waals surface area contributed by atoms with E-state index in [1.54, 1.807) is 6.07 Å². The Balaban J connectivity index is 2.18. The van der Waals surface area contributed by atoms with Gasteiger partial charge in [0.2, 0.25) is 15.9 Å². The lowest BCUT2D eigenvalue weighted by Crippen LogP contribution is -2.25. The highest BCUT2D eigenvalue weighted by Gasteiger charge is 2.21. The topological polar surface area (TPSA) is 126 Å². The minimum atomic E-state index is -3.78. The summed E-state index contributed by atoms with van der Waals surface area (Å²) in [4.78, 5) is 17.2. The summed E-state index contributed by atoms with van der Waals surface area (Å²) in [7, 11) is -3.78. The zero-order valence-corrected chi connectivity index (χ0v) is 17.5. The van der Waals surface area contributed by atoms with Crippen LogP contribution in [0.1, 0.15) is 44.4 Å². The second kappa shape index (κ2) is 9.19. The Hall–Kier alpha value is -2.41. The molecule has 0 aliphatic carbocycles. The third kappa shape index (κ3) is 5.55. The first-order valence-corrected chi connectivity index (χ1v) is 11.1. The van der Waals surface area contributed by atoms with Crippen LogP contribution in [-0.4, -0.2) is 24.6 Å². The van der Waals surface area contributed by atoms with Crippen molar-refractivity contribution in [3.05, 3.63) is 47.7 Å². The van der Waals surface area contributed by atoms with Crippen LogP contribution in [0.15, 0.2) is 46.3 Å². The number of nitrogens with two attached hydrogens (primary N) is 1. The van der Waals surface area contributed by atoms with Gasteiger partial charge in [0.1, 0.15) is 11.1 Å². The quantitative estimate of drug-likeness (QED) is 0.665. The van der Waals surface area contributed by atoms with Crippen molar-refractivity contribution in [3.63, 3.8) is 0 Å². The van der Waals surface area contributed by atoms with E-state index in [0.717, 1.165) is 5.69 Å². The predicted octanol–water partition coefficient (Wildman–Crippen LogP) is 3.23. The van der Waals surface area contributed by atoms with E-state index in [0.29, 0.717) is 22.7 Å². The number of nitrogens with zero attached hydrogens (tertiary/aromatic N) is 2. The molecule has 7 nitrogen and oxygen atoms in total. The number of thioether (sulfide) groups is 1. The number of amides is 1. The average Bonchev–Trinajstić information content (AvgIpc) is 2.65. The monoisotopic (exact) mass is 418 g/mol. The van der Waals surface area contributed by atoms with Crippen molar-refractivity contribution in [2.45, 2.75) is 48.3 Å². The number of pyridine rings is 1. The molecular weight excluding hydrogens is 396 g/mol. The minimum Gasteiger partial charge on any atom is -0.325 e. The molecule has 0 aliphatic rings. The van der Waals surface area contributed by atoms with Crippen molar-refractivity contribution in [1.29, 1.82) is 5.26 Å². The fourth-order valence-electron chi connectivity index (χ4n) is 2.36. The van der Waals surface area contributed by atoms with E-state index in [4.69, 9.17) is 5.14 Å². The Morgan fingerprint density at radius 3 is 2.39 bits per heavy atom. The lowest BCUT2D eigenvalue weighted by Gasteiger charge is -2.16. The number of hydrogen-bond acceptors (Lipinski definition) is 6. The van der Waals surface area contributed by atoms with Gasteiger partial charge in [0, 0.05) is 11.4 Å². The second-order valence-electron chi connectivity index (χ2n) is 6.43. The van der Waals surface area contributed by atoms with Gasteiger partial charge in [0.15, 0.2) is 0 Å². The molecule has 0 spiro atoms. The standard InChI is InChI=1S/C19H22N4O3S2/c1-4-17(27-19-13(11-20)5-10-16(23-19)12(2)3)18(24)22-14-6-8-15(9-7-14)28(21,25)26/h5-10,12,17H,4H2,1-3H3,(H,22,24)(H2,21,25,26). The van der Waals surface area contributed by atoms with E-state index in [-0.39, 0.29) is 16.7 Å². The number of aromatic nitrogens is 1. The van der Waals surface area contributed by atoms with Crippen LogP contribution in [0.3, 0.4) is 0 Å². The number of rotatable bonds is 7. The summed E-state index contributed by atoms with van der Waals surface area (Å²) in [6.45, 7) is 5.90. The average molecular weight is 419 g/mol. The summed E-state index contributed by atoms with van der Waals surface area (Å²) >= 11 is 1.24. The molecule has 1 atom stereocenters. The highest BCUT2D eigenvalue weighted by molar-refractivity contribution is 8.00. The van der Waals surface area contributed by atoms with E-state index < -0.39 is 15.3 Å². The Bertz CT molecular complexity index is 997. The Kier molecular flexibility index (Phi) is 7.18. The number of carbonyl (C=O) groups excluding carboxylic acids is 1. The van der Waals surface area contributed by atoms with E-state index >= 15 is 0 Å². The van der Waals surface area contributed by atoms with Gasteiger partial charge in [0.25, 0.3) is 0 Å². The van der Waals surface area contributed by atoms with Gasteiger partial charge in [-0.2, -0.15) is 5.26 Å². The summed E-state index contributed by atoms with van der Waals surface area (Å²) < 4.78 is 22.6. The molecular formula is C19H22N4O3S2. The first kappa shape index (κ1) is 21.9. The minimum absolute atomic E-state index is 0.0275. The van der Waals surface area contributed by atoms with Crippen molar-refractivity contribution < 1.29 is 13.2 Å². The number of nitriles is 1. The molecule has 2 aromatic rings. The van der Waals surface area contributed by atoms with Crippen LogP contribution in [0.4, 0.5) is 5.69 Å². The summed E-state index contributed by atoms with van der Waals surface area (Å²) in [5.41, 5.74) is 1.74. The number of carbonyl (C=O) groups is 1. The molecule has 28 heavy (non-hydrogen) atoms. The molecule has 3 N–H and O–H groups in total. The molecule has 2 rings (SSSR count). The highest BCUT2D eigenvalue weighted by Crippen LogP contribution is 2.29. The van der Waals surface area contributed by atoms with Gasteiger partial charge in [0.05, 0.1) is 15.7 Å². The van der Waals surface area contributed by atoms with Gasteiger partial charge in [-0.05, 0) is 48.7 Å². The molecule has 9 heteroatoms. The molecule has 0 bridgehead atoms. The molecule has 0 saturated carbocycles. The lowest BCUT2D eigenvalue weighted by atomic mass is 10.1. The van der Waals surface area contributed by atoms with E-state index in [1.165, 1.54) is 36.0 Å². The molecule has 1 amide bonds. The summed E-state index contributed by atoms with van der Waals surface area (Å²) in [6, 6.07) is 11.3. The van der Waals surface area contributed by atoms with E-state index in [9.17, 15) is 18.5 Å². The van der Waals surface area contributed by atoms with Crippen LogP contribution in [-0.2, 0) is 14.8 Å². The van der Waals surface area contributed by atoms with Gasteiger partial charge in [-0.1, -0.05) is 32.5 Å². The largest absolute Gasteiger partial charge is 0.325 e. The van der Waals surface area contributed by atoms with Crippen LogP contribution in [0, 0.1) is 11.3 Å². The smallest absolute Gasteiger partial charge is 0.238 e. The number of anilines is 1. The van der Waals surface area contributed by atoms with Gasteiger partial charge in [-0.15, -0.1) is 0 Å². The van der Waals surface area contributed by atoms with Crippen molar-refractivity contribution in [3.8, 4) is 6.07 Å². The maximum Gasteiger partial charge on any atom is 0.238 e. The SMILES string of the molecule is CCC(Sc1nc(C(C)C)ccc1C#N)C(=O)Nc1ccc(S(N)(=O)=O)cc1. The maximum absolute atomic E-state index is 12.7. The summed E-state index contributed by atoms with van der Waals surface area (Å²) in [5.74, 6) is -0.0465. The Labute approximate surface area is 169 Å². The van der Waals surface area contributed by atoms with Crippen molar-refractivity contribution in [2.75, 3.05) is 5.32 Å².